The second-order valence-electron chi connectivity index (χ2n) is 5.02. The molecular weight excluding hydrogens is 214 g/mol. The zero-order valence-electron chi connectivity index (χ0n) is 10.8. The van der Waals surface area contributed by atoms with Crippen molar-refractivity contribution in [3.05, 3.63) is 35.4 Å². The fourth-order valence-electron chi connectivity index (χ4n) is 1.35. The first-order chi connectivity index (χ1) is 8.04. The minimum atomic E-state index is 0.135. The molecule has 3 nitrogen and oxygen atoms in total. The molecule has 0 unspecified atom stereocenters. The van der Waals surface area contributed by atoms with Gasteiger partial charge in [0.05, 0.1) is 6.21 Å². The van der Waals surface area contributed by atoms with Gasteiger partial charge in [0.25, 0.3) is 0 Å². The fraction of sp³-hybridized carbons (Fsp3) is 0.500. The number of nitrogens with zero attached hydrogens (tertiary/aromatic N) is 1. The number of hydrogen-bond acceptors (Lipinski definition) is 3. The molecule has 94 valence electrons. The van der Waals surface area contributed by atoms with Crippen molar-refractivity contribution in [2.45, 2.75) is 32.6 Å². The molecule has 0 aliphatic carbocycles. The fourth-order valence-corrected chi connectivity index (χ4v) is 1.35. The van der Waals surface area contributed by atoms with Crippen LogP contribution in [0, 0.1) is 0 Å². The molecule has 0 spiro atoms. The van der Waals surface area contributed by atoms with E-state index >= 15 is 0 Å². The lowest BCUT2D eigenvalue weighted by molar-refractivity contribution is 0.125. The molecule has 0 heterocycles. The van der Waals surface area contributed by atoms with Gasteiger partial charge < -0.3 is 9.94 Å². The van der Waals surface area contributed by atoms with Gasteiger partial charge in [-0.1, -0.05) is 50.2 Å². The standard InChI is InChI=1S/C14H21NO2/c1-14(2,3)13-7-5-12(6-8-13)11-15-17-10-4-9-16/h5-8,11,16H,4,9-10H2,1-3H3/b15-11+. The van der Waals surface area contributed by atoms with E-state index in [0.29, 0.717) is 13.0 Å². The molecule has 0 aliphatic heterocycles. The van der Waals surface area contributed by atoms with Crippen LogP contribution in [0.1, 0.15) is 38.3 Å². The highest BCUT2D eigenvalue weighted by Gasteiger charge is 2.12. The molecule has 0 saturated heterocycles. The molecule has 1 aromatic rings. The van der Waals surface area contributed by atoms with Crippen LogP contribution in [0.15, 0.2) is 29.4 Å². The SMILES string of the molecule is CC(C)(C)c1ccc(/C=N/OCCCO)cc1. The van der Waals surface area contributed by atoms with Crippen LogP contribution in [0.5, 0.6) is 0 Å². The maximum Gasteiger partial charge on any atom is 0.119 e. The Morgan fingerprint density at radius 3 is 2.41 bits per heavy atom. The summed E-state index contributed by atoms with van der Waals surface area (Å²) in [7, 11) is 0. The Kier molecular flexibility index (Phi) is 5.16. The average Bonchev–Trinajstić information content (AvgIpc) is 2.28. The van der Waals surface area contributed by atoms with Gasteiger partial charge in [-0.25, -0.2) is 0 Å². The van der Waals surface area contributed by atoms with Crippen LogP contribution >= 0.6 is 0 Å². The number of rotatable bonds is 5. The van der Waals surface area contributed by atoms with Crippen LogP contribution in [-0.4, -0.2) is 24.5 Å². The van der Waals surface area contributed by atoms with Crippen molar-refractivity contribution >= 4 is 6.21 Å². The van der Waals surface area contributed by atoms with Crippen LogP contribution in [0.3, 0.4) is 0 Å². The van der Waals surface area contributed by atoms with Crippen molar-refractivity contribution in [3.8, 4) is 0 Å². The molecule has 3 heteroatoms. The molecule has 0 radical (unpaired) electrons. The van der Waals surface area contributed by atoms with E-state index in [2.05, 4.69) is 38.1 Å². The normalized spacial score (nSPS) is 12.0. The maximum absolute atomic E-state index is 8.56. The maximum atomic E-state index is 8.56. The van der Waals surface area contributed by atoms with Crippen LogP contribution in [0.2, 0.25) is 0 Å². The summed E-state index contributed by atoms with van der Waals surface area (Å²) in [6, 6.07) is 8.27. The largest absolute Gasteiger partial charge is 0.396 e. The second kappa shape index (κ2) is 6.40. The van der Waals surface area contributed by atoms with Crippen LogP contribution in [-0.2, 0) is 10.3 Å². The Bertz CT molecular complexity index is 349. The average molecular weight is 235 g/mol. The van der Waals surface area contributed by atoms with Crippen LogP contribution in [0.4, 0.5) is 0 Å². The second-order valence-corrected chi connectivity index (χ2v) is 5.02. The number of benzene rings is 1. The van der Waals surface area contributed by atoms with Crippen molar-refractivity contribution in [2.24, 2.45) is 5.16 Å². The topological polar surface area (TPSA) is 41.8 Å². The first kappa shape index (κ1) is 13.7. The number of hydrogen-bond donors (Lipinski definition) is 1. The van der Waals surface area contributed by atoms with E-state index in [9.17, 15) is 0 Å². The van der Waals surface area contributed by atoms with Gasteiger partial charge in [0, 0.05) is 13.0 Å². The third-order valence-corrected chi connectivity index (χ3v) is 2.45. The van der Waals surface area contributed by atoms with E-state index in [1.807, 2.05) is 12.1 Å². The molecule has 1 aromatic carbocycles. The summed E-state index contributed by atoms with van der Waals surface area (Å²) < 4.78 is 0. The number of oxime groups is 1. The van der Waals surface area contributed by atoms with Gasteiger partial charge in [-0.15, -0.1) is 0 Å². The highest BCUT2D eigenvalue weighted by Crippen LogP contribution is 2.21. The van der Waals surface area contributed by atoms with Gasteiger partial charge in [0.1, 0.15) is 6.61 Å². The first-order valence-corrected chi connectivity index (χ1v) is 5.91. The molecule has 0 saturated carbocycles. The molecule has 0 atom stereocenters. The molecule has 1 rings (SSSR count). The Labute approximate surface area is 103 Å². The molecule has 0 aromatic heterocycles. The highest BCUT2D eigenvalue weighted by molar-refractivity contribution is 5.79. The third-order valence-electron chi connectivity index (χ3n) is 2.45. The summed E-state index contributed by atoms with van der Waals surface area (Å²) in [5, 5.41) is 12.4. The van der Waals surface area contributed by atoms with Gasteiger partial charge in [0.2, 0.25) is 0 Å². The lowest BCUT2D eigenvalue weighted by atomic mass is 9.87. The van der Waals surface area contributed by atoms with Gasteiger partial charge in [-0.2, -0.15) is 0 Å². The quantitative estimate of drug-likeness (QED) is 0.484. The summed E-state index contributed by atoms with van der Waals surface area (Å²) in [5.41, 5.74) is 2.49. The van der Waals surface area contributed by atoms with Gasteiger partial charge >= 0.3 is 0 Å². The lowest BCUT2D eigenvalue weighted by Crippen LogP contribution is -2.10. The van der Waals surface area contributed by atoms with Crippen LogP contribution < -0.4 is 0 Å². The van der Waals surface area contributed by atoms with E-state index in [4.69, 9.17) is 9.94 Å². The van der Waals surface area contributed by atoms with Gasteiger partial charge in [-0.3, -0.25) is 0 Å². The Morgan fingerprint density at radius 1 is 1.24 bits per heavy atom. The summed E-state index contributed by atoms with van der Waals surface area (Å²) in [5.74, 6) is 0. The molecule has 0 bridgehead atoms. The summed E-state index contributed by atoms with van der Waals surface area (Å²) in [6.45, 7) is 7.15. The monoisotopic (exact) mass is 235 g/mol. The van der Waals surface area contributed by atoms with Gasteiger partial charge in [0.15, 0.2) is 0 Å². The van der Waals surface area contributed by atoms with Crippen LogP contribution in [0.25, 0.3) is 0 Å². The van der Waals surface area contributed by atoms with E-state index < -0.39 is 0 Å². The predicted octanol–water partition coefficient (Wildman–Crippen LogP) is 2.72. The minimum Gasteiger partial charge on any atom is -0.396 e. The molecular formula is C14H21NO2. The third kappa shape index (κ3) is 5.00. The predicted molar refractivity (Wildman–Crippen MR) is 70.4 cm³/mol. The summed E-state index contributed by atoms with van der Waals surface area (Å²) in [6.07, 6.45) is 2.30. The van der Waals surface area contributed by atoms with E-state index in [-0.39, 0.29) is 12.0 Å². The molecule has 0 amide bonds. The lowest BCUT2D eigenvalue weighted by Gasteiger charge is -2.18. The zero-order chi connectivity index (χ0) is 12.7. The Hall–Kier alpha value is -1.35. The smallest absolute Gasteiger partial charge is 0.119 e. The molecule has 0 fully saturated rings. The molecule has 17 heavy (non-hydrogen) atoms. The highest BCUT2D eigenvalue weighted by atomic mass is 16.6. The minimum absolute atomic E-state index is 0.135. The molecule has 1 N–H and O–H groups in total. The van der Waals surface area contributed by atoms with E-state index in [1.165, 1.54) is 5.56 Å². The van der Waals surface area contributed by atoms with E-state index in [0.717, 1.165) is 5.56 Å². The zero-order valence-corrected chi connectivity index (χ0v) is 10.8. The summed E-state index contributed by atoms with van der Waals surface area (Å²) in [4.78, 5) is 4.98. The van der Waals surface area contributed by atoms with Crippen molar-refractivity contribution in [3.63, 3.8) is 0 Å². The van der Waals surface area contributed by atoms with Crippen molar-refractivity contribution in [1.82, 2.24) is 0 Å². The first-order valence-electron chi connectivity index (χ1n) is 5.91. The Balaban J connectivity index is 2.51. The van der Waals surface area contributed by atoms with Crippen molar-refractivity contribution < 1.29 is 9.94 Å². The van der Waals surface area contributed by atoms with Crippen molar-refractivity contribution in [2.75, 3.05) is 13.2 Å². The molecule has 0 aliphatic rings. The Morgan fingerprint density at radius 2 is 1.88 bits per heavy atom. The summed E-state index contributed by atoms with van der Waals surface area (Å²) >= 11 is 0. The van der Waals surface area contributed by atoms with E-state index in [1.54, 1.807) is 6.21 Å². The number of aliphatic hydroxyl groups excluding tert-OH is 1. The van der Waals surface area contributed by atoms with Gasteiger partial charge in [-0.05, 0) is 16.5 Å². The van der Waals surface area contributed by atoms with Crippen molar-refractivity contribution in [1.29, 1.82) is 0 Å². The number of aliphatic hydroxyl groups is 1.